The van der Waals surface area contributed by atoms with Gasteiger partial charge in [0.25, 0.3) is 0 Å². The molecule has 4 heteroatoms. The van der Waals surface area contributed by atoms with Crippen LogP contribution in [0.3, 0.4) is 0 Å². The van der Waals surface area contributed by atoms with Gasteiger partial charge in [-0.25, -0.2) is 4.39 Å². The zero-order valence-electron chi connectivity index (χ0n) is 10.1. The number of nitrogen functional groups attached to an aromatic ring is 1. The lowest BCUT2D eigenvalue weighted by Gasteiger charge is -2.18. The van der Waals surface area contributed by atoms with Crippen molar-refractivity contribution >= 4 is 11.4 Å². The molecule has 1 heterocycles. The number of ether oxygens (including phenoxy) is 1. The first-order chi connectivity index (χ1) is 8.20. The number of halogens is 1. The van der Waals surface area contributed by atoms with Crippen molar-refractivity contribution in [3.8, 4) is 0 Å². The highest BCUT2D eigenvalue weighted by atomic mass is 19.1. The van der Waals surface area contributed by atoms with Crippen LogP contribution in [0.15, 0.2) is 18.2 Å². The van der Waals surface area contributed by atoms with Crippen LogP contribution in [0.2, 0.25) is 0 Å². The second-order valence-electron chi connectivity index (χ2n) is 4.49. The van der Waals surface area contributed by atoms with Crippen LogP contribution >= 0.6 is 0 Å². The predicted octanol–water partition coefficient (Wildman–Crippen LogP) is 2.63. The first-order valence-corrected chi connectivity index (χ1v) is 6.11. The predicted molar refractivity (Wildman–Crippen MR) is 67.4 cm³/mol. The van der Waals surface area contributed by atoms with E-state index in [9.17, 15) is 4.39 Å². The van der Waals surface area contributed by atoms with Gasteiger partial charge in [-0.1, -0.05) is 6.92 Å². The maximum absolute atomic E-state index is 13.5. The standard InChI is InChI=1S/C13H19FN2O/c1-2-13-9(5-6-17-13)8-16-12-4-3-10(15)7-11(12)14/h3-4,7,9,13,16H,2,5-6,8,15H2,1H3. The Morgan fingerprint density at radius 2 is 2.35 bits per heavy atom. The maximum Gasteiger partial charge on any atom is 0.148 e. The lowest BCUT2D eigenvalue weighted by molar-refractivity contribution is 0.0900. The second-order valence-corrected chi connectivity index (χ2v) is 4.49. The number of hydrogen-bond donors (Lipinski definition) is 2. The fourth-order valence-electron chi connectivity index (χ4n) is 2.29. The topological polar surface area (TPSA) is 47.3 Å². The second kappa shape index (κ2) is 5.36. The third-order valence-electron chi connectivity index (χ3n) is 3.30. The molecule has 1 saturated heterocycles. The summed E-state index contributed by atoms with van der Waals surface area (Å²) in [4.78, 5) is 0. The van der Waals surface area contributed by atoms with Gasteiger partial charge in [0.05, 0.1) is 11.8 Å². The summed E-state index contributed by atoms with van der Waals surface area (Å²) >= 11 is 0. The summed E-state index contributed by atoms with van der Waals surface area (Å²) in [5, 5.41) is 3.14. The van der Waals surface area contributed by atoms with E-state index < -0.39 is 0 Å². The van der Waals surface area contributed by atoms with Crippen molar-refractivity contribution < 1.29 is 9.13 Å². The van der Waals surface area contributed by atoms with Crippen molar-refractivity contribution in [2.45, 2.75) is 25.9 Å². The highest BCUT2D eigenvalue weighted by molar-refractivity contribution is 5.52. The molecule has 2 unspecified atom stereocenters. The lowest BCUT2D eigenvalue weighted by atomic mass is 9.99. The molecule has 0 amide bonds. The van der Waals surface area contributed by atoms with E-state index in [-0.39, 0.29) is 5.82 Å². The van der Waals surface area contributed by atoms with E-state index in [4.69, 9.17) is 10.5 Å². The summed E-state index contributed by atoms with van der Waals surface area (Å²) in [6.45, 7) is 3.68. The molecule has 0 bridgehead atoms. The molecule has 0 radical (unpaired) electrons. The number of hydrogen-bond acceptors (Lipinski definition) is 3. The van der Waals surface area contributed by atoms with Gasteiger partial charge in [-0.2, -0.15) is 0 Å². The van der Waals surface area contributed by atoms with Crippen molar-refractivity contribution in [2.75, 3.05) is 24.2 Å². The van der Waals surface area contributed by atoms with Gasteiger partial charge in [-0.3, -0.25) is 0 Å². The molecule has 3 nitrogen and oxygen atoms in total. The third kappa shape index (κ3) is 2.88. The Kier molecular flexibility index (Phi) is 3.84. The minimum Gasteiger partial charge on any atom is -0.399 e. The molecule has 2 rings (SSSR count). The number of benzene rings is 1. The average molecular weight is 238 g/mol. The first-order valence-electron chi connectivity index (χ1n) is 6.11. The minimum absolute atomic E-state index is 0.294. The summed E-state index contributed by atoms with van der Waals surface area (Å²) in [6, 6.07) is 4.72. The molecule has 94 valence electrons. The molecule has 1 fully saturated rings. The minimum atomic E-state index is -0.294. The van der Waals surface area contributed by atoms with Crippen molar-refractivity contribution in [1.29, 1.82) is 0 Å². The van der Waals surface area contributed by atoms with Gasteiger partial charge in [0, 0.05) is 24.8 Å². The van der Waals surface area contributed by atoms with Gasteiger partial charge in [0.1, 0.15) is 5.82 Å². The highest BCUT2D eigenvalue weighted by Crippen LogP contribution is 2.24. The zero-order chi connectivity index (χ0) is 12.3. The van der Waals surface area contributed by atoms with E-state index in [1.807, 2.05) is 0 Å². The molecule has 2 atom stereocenters. The number of nitrogens with two attached hydrogens (primary N) is 1. The third-order valence-corrected chi connectivity index (χ3v) is 3.30. The fourth-order valence-corrected chi connectivity index (χ4v) is 2.29. The molecule has 1 aromatic carbocycles. The van der Waals surface area contributed by atoms with Crippen LogP contribution in [0.5, 0.6) is 0 Å². The molecule has 1 aromatic rings. The van der Waals surface area contributed by atoms with Crippen LogP contribution in [0, 0.1) is 11.7 Å². The monoisotopic (exact) mass is 238 g/mol. The van der Waals surface area contributed by atoms with Crippen LogP contribution in [0.25, 0.3) is 0 Å². The summed E-state index contributed by atoms with van der Waals surface area (Å²) in [5.41, 5.74) is 6.46. The molecule has 1 aliphatic heterocycles. The molecule has 0 spiro atoms. The van der Waals surface area contributed by atoms with Crippen molar-refractivity contribution in [3.05, 3.63) is 24.0 Å². The summed E-state index contributed by atoms with van der Waals surface area (Å²) in [6.07, 6.45) is 2.36. The molecule has 17 heavy (non-hydrogen) atoms. The molecule has 0 saturated carbocycles. The van der Waals surface area contributed by atoms with Gasteiger partial charge in [0.2, 0.25) is 0 Å². The largest absolute Gasteiger partial charge is 0.399 e. The molecular weight excluding hydrogens is 219 g/mol. The molecule has 0 aromatic heterocycles. The van der Waals surface area contributed by atoms with E-state index in [1.54, 1.807) is 12.1 Å². The summed E-state index contributed by atoms with van der Waals surface area (Å²) < 4.78 is 19.1. The molecule has 1 aliphatic rings. The van der Waals surface area contributed by atoms with Crippen molar-refractivity contribution in [1.82, 2.24) is 0 Å². The van der Waals surface area contributed by atoms with Gasteiger partial charge in [0.15, 0.2) is 0 Å². The zero-order valence-corrected chi connectivity index (χ0v) is 10.1. The Morgan fingerprint density at radius 1 is 1.53 bits per heavy atom. The van der Waals surface area contributed by atoms with Gasteiger partial charge in [-0.15, -0.1) is 0 Å². The van der Waals surface area contributed by atoms with Crippen LogP contribution in [-0.4, -0.2) is 19.3 Å². The SMILES string of the molecule is CCC1OCCC1CNc1ccc(N)cc1F. The van der Waals surface area contributed by atoms with E-state index >= 15 is 0 Å². The Hall–Kier alpha value is -1.29. The van der Waals surface area contributed by atoms with Gasteiger partial charge < -0.3 is 15.8 Å². The fraction of sp³-hybridized carbons (Fsp3) is 0.538. The molecular formula is C13H19FN2O. The highest BCUT2D eigenvalue weighted by Gasteiger charge is 2.26. The van der Waals surface area contributed by atoms with Crippen LogP contribution < -0.4 is 11.1 Å². The van der Waals surface area contributed by atoms with Crippen LogP contribution in [0.1, 0.15) is 19.8 Å². The average Bonchev–Trinajstić information content (AvgIpc) is 2.75. The van der Waals surface area contributed by atoms with E-state index in [0.717, 1.165) is 26.0 Å². The van der Waals surface area contributed by atoms with E-state index in [2.05, 4.69) is 12.2 Å². The number of anilines is 2. The molecule has 0 aliphatic carbocycles. The van der Waals surface area contributed by atoms with Crippen molar-refractivity contribution in [2.24, 2.45) is 5.92 Å². The Bertz CT molecular complexity index is 384. The first kappa shape index (κ1) is 12.2. The number of nitrogens with one attached hydrogen (secondary N) is 1. The smallest absolute Gasteiger partial charge is 0.148 e. The van der Waals surface area contributed by atoms with Gasteiger partial charge >= 0.3 is 0 Å². The Balaban J connectivity index is 1.93. The number of rotatable bonds is 4. The normalized spacial score (nSPS) is 23.9. The Morgan fingerprint density at radius 3 is 3.06 bits per heavy atom. The maximum atomic E-state index is 13.5. The molecule has 3 N–H and O–H groups in total. The summed E-state index contributed by atoms with van der Waals surface area (Å²) in [5.74, 6) is 0.175. The van der Waals surface area contributed by atoms with Crippen LogP contribution in [0.4, 0.5) is 15.8 Å². The van der Waals surface area contributed by atoms with E-state index in [1.165, 1.54) is 6.07 Å². The Labute approximate surface area is 101 Å². The van der Waals surface area contributed by atoms with Crippen LogP contribution in [-0.2, 0) is 4.74 Å². The van der Waals surface area contributed by atoms with E-state index in [0.29, 0.717) is 23.4 Å². The quantitative estimate of drug-likeness (QED) is 0.793. The summed E-state index contributed by atoms with van der Waals surface area (Å²) in [7, 11) is 0. The lowest BCUT2D eigenvalue weighted by Crippen LogP contribution is -2.23. The van der Waals surface area contributed by atoms with Crippen molar-refractivity contribution in [3.63, 3.8) is 0 Å². The van der Waals surface area contributed by atoms with Gasteiger partial charge in [-0.05, 0) is 31.0 Å².